The number of carbonyl (C=O) groups excluding carboxylic acids is 1. The van der Waals surface area contributed by atoms with Gasteiger partial charge in [-0.05, 0) is 32.4 Å². The number of hydrogen-bond acceptors (Lipinski definition) is 3. The molecule has 4 heteroatoms. The molecule has 0 radical (unpaired) electrons. The fourth-order valence-electron chi connectivity index (χ4n) is 3.22. The van der Waals surface area contributed by atoms with E-state index < -0.39 is 0 Å². The first kappa shape index (κ1) is 15.8. The Balaban J connectivity index is 1.83. The smallest absolute Gasteiger partial charge is 0.289 e. The standard InChI is InChI=1S/C19H24N2O2/c1-4-8-20-9-5-10-21(12-11-20)19(22)18-15(3)16-13-14(2)6-7-17(16)23-18/h4,6-7,13H,1,5,8-12H2,2-3H3. The highest BCUT2D eigenvalue weighted by Gasteiger charge is 2.25. The molecule has 122 valence electrons. The number of fused-ring (bicyclic) bond motifs is 1. The minimum Gasteiger partial charge on any atom is -0.451 e. The van der Waals surface area contributed by atoms with Crippen LogP contribution >= 0.6 is 0 Å². The number of rotatable bonds is 3. The van der Waals surface area contributed by atoms with Crippen molar-refractivity contribution in [3.05, 3.63) is 47.7 Å². The van der Waals surface area contributed by atoms with Crippen molar-refractivity contribution in [3.63, 3.8) is 0 Å². The Hall–Kier alpha value is -2.07. The van der Waals surface area contributed by atoms with Crippen LogP contribution in [0.1, 0.15) is 28.1 Å². The molecular weight excluding hydrogens is 288 g/mol. The minimum atomic E-state index is 0.0109. The number of aryl methyl sites for hydroxylation is 2. The van der Waals surface area contributed by atoms with Crippen molar-refractivity contribution in [2.45, 2.75) is 20.3 Å². The van der Waals surface area contributed by atoms with Crippen molar-refractivity contribution in [3.8, 4) is 0 Å². The Morgan fingerprint density at radius 1 is 1.26 bits per heavy atom. The Bertz CT molecular complexity index is 732. The third-order valence-corrected chi connectivity index (χ3v) is 4.55. The summed E-state index contributed by atoms with van der Waals surface area (Å²) in [5.74, 6) is 0.500. The van der Waals surface area contributed by atoms with Crippen LogP contribution in [-0.4, -0.2) is 48.4 Å². The summed E-state index contributed by atoms with van der Waals surface area (Å²) >= 11 is 0. The average molecular weight is 312 g/mol. The van der Waals surface area contributed by atoms with E-state index in [4.69, 9.17) is 4.42 Å². The maximum Gasteiger partial charge on any atom is 0.289 e. The van der Waals surface area contributed by atoms with Crippen molar-refractivity contribution >= 4 is 16.9 Å². The lowest BCUT2D eigenvalue weighted by molar-refractivity contribution is 0.0731. The first-order chi connectivity index (χ1) is 11.1. The lowest BCUT2D eigenvalue weighted by Gasteiger charge is -2.20. The van der Waals surface area contributed by atoms with Crippen molar-refractivity contribution in [2.24, 2.45) is 0 Å². The predicted molar refractivity (Wildman–Crippen MR) is 92.8 cm³/mol. The van der Waals surface area contributed by atoms with Crippen molar-refractivity contribution in [1.29, 1.82) is 0 Å². The zero-order valence-corrected chi connectivity index (χ0v) is 14.0. The molecule has 0 saturated carbocycles. The second-order valence-electron chi connectivity index (χ2n) is 6.29. The number of benzene rings is 1. The van der Waals surface area contributed by atoms with Crippen LogP contribution in [0.5, 0.6) is 0 Å². The van der Waals surface area contributed by atoms with Gasteiger partial charge in [0, 0.05) is 43.7 Å². The van der Waals surface area contributed by atoms with Gasteiger partial charge in [-0.2, -0.15) is 0 Å². The Labute approximate surface area is 137 Å². The van der Waals surface area contributed by atoms with Crippen LogP contribution in [0.3, 0.4) is 0 Å². The Morgan fingerprint density at radius 2 is 2.09 bits per heavy atom. The first-order valence-electron chi connectivity index (χ1n) is 8.22. The van der Waals surface area contributed by atoms with Gasteiger partial charge in [-0.25, -0.2) is 0 Å². The van der Waals surface area contributed by atoms with Gasteiger partial charge >= 0.3 is 0 Å². The number of nitrogens with zero attached hydrogens (tertiary/aromatic N) is 2. The van der Waals surface area contributed by atoms with Gasteiger partial charge in [-0.15, -0.1) is 6.58 Å². The molecule has 4 nitrogen and oxygen atoms in total. The van der Waals surface area contributed by atoms with Gasteiger partial charge in [0.2, 0.25) is 0 Å². The maximum absolute atomic E-state index is 12.9. The third kappa shape index (κ3) is 3.17. The van der Waals surface area contributed by atoms with Gasteiger partial charge in [0.25, 0.3) is 5.91 Å². The van der Waals surface area contributed by atoms with E-state index in [0.717, 1.165) is 55.7 Å². The molecule has 0 bridgehead atoms. The maximum atomic E-state index is 12.9. The van der Waals surface area contributed by atoms with Gasteiger partial charge in [0.05, 0.1) is 0 Å². The lowest BCUT2D eigenvalue weighted by atomic mass is 10.1. The first-order valence-corrected chi connectivity index (χ1v) is 8.22. The van der Waals surface area contributed by atoms with Gasteiger partial charge in [0.1, 0.15) is 5.58 Å². The number of furan rings is 1. The van der Waals surface area contributed by atoms with Crippen LogP contribution in [0.15, 0.2) is 35.3 Å². The summed E-state index contributed by atoms with van der Waals surface area (Å²) < 4.78 is 5.86. The molecule has 1 aromatic heterocycles. The van der Waals surface area contributed by atoms with Crippen molar-refractivity contribution in [2.75, 3.05) is 32.7 Å². The molecule has 23 heavy (non-hydrogen) atoms. The summed E-state index contributed by atoms with van der Waals surface area (Å²) in [7, 11) is 0. The van der Waals surface area contributed by atoms with Gasteiger partial charge in [-0.1, -0.05) is 17.7 Å². The zero-order chi connectivity index (χ0) is 16.4. The molecule has 0 unspecified atom stereocenters. The molecule has 1 aromatic carbocycles. The number of amides is 1. The minimum absolute atomic E-state index is 0.0109. The number of hydrogen-bond donors (Lipinski definition) is 0. The number of carbonyl (C=O) groups is 1. The SMILES string of the molecule is C=CCN1CCCN(C(=O)c2oc3ccc(C)cc3c2C)CC1. The van der Waals surface area contributed by atoms with Crippen LogP contribution < -0.4 is 0 Å². The van der Waals surface area contributed by atoms with Crippen molar-refractivity contribution < 1.29 is 9.21 Å². The molecule has 1 saturated heterocycles. The summed E-state index contributed by atoms with van der Waals surface area (Å²) in [4.78, 5) is 17.1. The largest absolute Gasteiger partial charge is 0.451 e. The highest BCUT2D eigenvalue weighted by molar-refractivity contribution is 5.99. The predicted octanol–water partition coefficient (Wildman–Crippen LogP) is 3.38. The molecule has 0 N–H and O–H groups in total. The summed E-state index contributed by atoms with van der Waals surface area (Å²) in [6.07, 6.45) is 2.90. The van der Waals surface area contributed by atoms with E-state index in [0.29, 0.717) is 5.76 Å². The quantitative estimate of drug-likeness (QED) is 0.815. The van der Waals surface area contributed by atoms with E-state index in [1.807, 2.05) is 30.0 Å². The van der Waals surface area contributed by atoms with E-state index in [1.54, 1.807) is 0 Å². The van der Waals surface area contributed by atoms with E-state index in [-0.39, 0.29) is 5.91 Å². The van der Waals surface area contributed by atoms with E-state index in [9.17, 15) is 4.79 Å². The molecule has 2 heterocycles. The highest BCUT2D eigenvalue weighted by atomic mass is 16.3. The van der Waals surface area contributed by atoms with E-state index in [2.05, 4.69) is 24.5 Å². The topological polar surface area (TPSA) is 36.7 Å². The highest BCUT2D eigenvalue weighted by Crippen LogP contribution is 2.27. The van der Waals surface area contributed by atoms with E-state index >= 15 is 0 Å². The Kier molecular flexibility index (Phi) is 4.53. The van der Waals surface area contributed by atoms with Crippen LogP contribution in [0.2, 0.25) is 0 Å². The van der Waals surface area contributed by atoms with Crippen LogP contribution in [0, 0.1) is 13.8 Å². The molecule has 1 aliphatic rings. The molecule has 2 aromatic rings. The average Bonchev–Trinajstić information content (AvgIpc) is 2.72. The molecule has 1 fully saturated rings. The molecule has 0 atom stereocenters. The molecule has 3 rings (SSSR count). The molecule has 0 spiro atoms. The summed E-state index contributed by atoms with van der Waals surface area (Å²) in [6.45, 7) is 12.1. The lowest BCUT2D eigenvalue weighted by Crippen LogP contribution is -2.35. The van der Waals surface area contributed by atoms with Gasteiger partial charge in [-0.3, -0.25) is 9.69 Å². The second-order valence-corrected chi connectivity index (χ2v) is 6.29. The van der Waals surface area contributed by atoms with Crippen LogP contribution in [0.4, 0.5) is 0 Å². The molecular formula is C19H24N2O2. The van der Waals surface area contributed by atoms with Crippen molar-refractivity contribution in [1.82, 2.24) is 9.80 Å². The monoisotopic (exact) mass is 312 g/mol. The third-order valence-electron chi connectivity index (χ3n) is 4.55. The fraction of sp³-hybridized carbons (Fsp3) is 0.421. The zero-order valence-electron chi connectivity index (χ0n) is 14.0. The molecule has 1 aliphatic heterocycles. The fourth-order valence-corrected chi connectivity index (χ4v) is 3.22. The van der Waals surface area contributed by atoms with E-state index in [1.165, 1.54) is 5.56 Å². The summed E-state index contributed by atoms with van der Waals surface area (Å²) in [5, 5.41) is 1.04. The summed E-state index contributed by atoms with van der Waals surface area (Å²) in [5.41, 5.74) is 2.91. The second kappa shape index (κ2) is 6.59. The summed E-state index contributed by atoms with van der Waals surface area (Å²) in [6, 6.07) is 6.04. The van der Waals surface area contributed by atoms with Gasteiger partial charge < -0.3 is 9.32 Å². The van der Waals surface area contributed by atoms with Gasteiger partial charge in [0.15, 0.2) is 5.76 Å². The Morgan fingerprint density at radius 3 is 2.87 bits per heavy atom. The normalized spacial score (nSPS) is 16.5. The van der Waals surface area contributed by atoms with Crippen LogP contribution in [-0.2, 0) is 0 Å². The molecule has 0 aliphatic carbocycles. The molecule has 1 amide bonds. The van der Waals surface area contributed by atoms with Crippen LogP contribution in [0.25, 0.3) is 11.0 Å².